The van der Waals surface area contributed by atoms with E-state index in [0.29, 0.717) is 14.4 Å². The predicted molar refractivity (Wildman–Crippen MR) is 118 cm³/mol. The minimum atomic E-state index is -0.354. The van der Waals surface area contributed by atoms with Crippen LogP contribution in [-0.4, -0.2) is 37.8 Å². The topological polar surface area (TPSA) is 75.2 Å². The molecular weight excluding hydrogens is 412 g/mol. The van der Waals surface area contributed by atoms with E-state index in [9.17, 15) is 9.59 Å². The summed E-state index contributed by atoms with van der Waals surface area (Å²) >= 11 is 7.80. The molecule has 1 saturated heterocycles. The largest absolute Gasteiger partial charge is 0.299 e. The zero-order valence-corrected chi connectivity index (χ0v) is 17.8. The van der Waals surface area contributed by atoms with E-state index in [0.717, 1.165) is 22.6 Å². The molecule has 1 aromatic heterocycles. The summed E-state index contributed by atoms with van der Waals surface area (Å²) in [5, 5.41) is 11.8. The molecule has 0 radical (unpaired) electrons. The lowest BCUT2D eigenvalue weighted by molar-refractivity contribution is -0.126. The summed E-state index contributed by atoms with van der Waals surface area (Å²) in [7, 11) is 0. The van der Waals surface area contributed by atoms with Gasteiger partial charge in [0.15, 0.2) is 0 Å². The molecule has 1 N–H and O–H groups in total. The first-order valence-corrected chi connectivity index (χ1v) is 10.6. The molecule has 2 amide bonds. The van der Waals surface area contributed by atoms with Gasteiger partial charge in [-0.2, -0.15) is 0 Å². The van der Waals surface area contributed by atoms with Gasteiger partial charge in [0.05, 0.1) is 4.91 Å². The van der Waals surface area contributed by atoms with Crippen molar-refractivity contribution < 1.29 is 9.59 Å². The Morgan fingerprint density at radius 2 is 2.04 bits per heavy atom. The number of aromatic nitrogens is 2. The standard InChI is InChI=1S/C19H18N4O2S3/c1-3-16-21-22-18(28-16)20-15(24)11-23-17(25)14(27-19(23)26)10-12(2)9-13-7-5-4-6-8-13/h4-10H,3,11H2,1-2H3,(H,20,22,24)/b12-9+,14-10-. The molecule has 3 rings (SSSR count). The maximum absolute atomic E-state index is 12.7. The lowest BCUT2D eigenvalue weighted by Crippen LogP contribution is -2.36. The highest BCUT2D eigenvalue weighted by Crippen LogP contribution is 2.32. The third-order valence-corrected chi connectivity index (χ3v) is 6.10. The monoisotopic (exact) mass is 430 g/mol. The van der Waals surface area contributed by atoms with Crippen LogP contribution in [0.5, 0.6) is 0 Å². The smallest absolute Gasteiger partial charge is 0.266 e. The first-order chi connectivity index (χ1) is 13.5. The Morgan fingerprint density at radius 1 is 1.29 bits per heavy atom. The molecule has 0 aliphatic carbocycles. The first-order valence-electron chi connectivity index (χ1n) is 8.57. The number of anilines is 1. The number of aryl methyl sites for hydroxylation is 1. The van der Waals surface area contributed by atoms with Crippen LogP contribution in [0, 0.1) is 0 Å². The third-order valence-electron chi connectivity index (χ3n) is 3.74. The van der Waals surface area contributed by atoms with Crippen LogP contribution in [0.1, 0.15) is 24.4 Å². The minimum absolute atomic E-state index is 0.148. The van der Waals surface area contributed by atoms with Crippen LogP contribution in [0.15, 0.2) is 46.9 Å². The lowest BCUT2D eigenvalue weighted by Gasteiger charge is -2.13. The summed E-state index contributed by atoms with van der Waals surface area (Å²) < 4.78 is 0.366. The van der Waals surface area contributed by atoms with Crippen LogP contribution in [0.4, 0.5) is 5.13 Å². The van der Waals surface area contributed by atoms with Crippen molar-refractivity contribution in [3.05, 3.63) is 57.5 Å². The molecule has 144 valence electrons. The van der Waals surface area contributed by atoms with E-state index in [2.05, 4.69) is 15.5 Å². The molecule has 1 aromatic carbocycles. The van der Waals surface area contributed by atoms with Crippen molar-refractivity contribution in [1.82, 2.24) is 15.1 Å². The Kier molecular flexibility index (Phi) is 6.71. The normalized spacial score (nSPS) is 16.1. The van der Waals surface area contributed by atoms with E-state index in [-0.39, 0.29) is 18.4 Å². The summed E-state index contributed by atoms with van der Waals surface area (Å²) in [6, 6.07) is 9.85. The number of rotatable bonds is 6. The molecule has 28 heavy (non-hydrogen) atoms. The van der Waals surface area contributed by atoms with Crippen molar-refractivity contribution in [3.63, 3.8) is 0 Å². The van der Waals surface area contributed by atoms with Crippen LogP contribution in [0.2, 0.25) is 0 Å². The highest BCUT2D eigenvalue weighted by Gasteiger charge is 2.33. The molecule has 1 fully saturated rings. The van der Waals surface area contributed by atoms with E-state index >= 15 is 0 Å². The van der Waals surface area contributed by atoms with Gasteiger partial charge in [0.1, 0.15) is 15.9 Å². The fourth-order valence-electron chi connectivity index (χ4n) is 2.45. The molecule has 0 saturated carbocycles. The molecule has 1 aliphatic rings. The van der Waals surface area contributed by atoms with E-state index in [1.54, 1.807) is 6.08 Å². The van der Waals surface area contributed by atoms with Crippen LogP contribution < -0.4 is 5.32 Å². The van der Waals surface area contributed by atoms with Gasteiger partial charge in [-0.1, -0.05) is 78.6 Å². The highest BCUT2D eigenvalue weighted by atomic mass is 32.2. The number of benzene rings is 1. The number of hydrogen-bond acceptors (Lipinski definition) is 7. The number of carbonyl (C=O) groups is 2. The second-order valence-electron chi connectivity index (χ2n) is 5.97. The van der Waals surface area contributed by atoms with Gasteiger partial charge in [-0.3, -0.25) is 19.8 Å². The molecule has 9 heteroatoms. The number of allylic oxidation sites excluding steroid dienone is 2. The Bertz CT molecular complexity index is 967. The van der Waals surface area contributed by atoms with Crippen molar-refractivity contribution in [2.75, 3.05) is 11.9 Å². The van der Waals surface area contributed by atoms with Gasteiger partial charge < -0.3 is 0 Å². The minimum Gasteiger partial charge on any atom is -0.299 e. The van der Waals surface area contributed by atoms with Gasteiger partial charge >= 0.3 is 0 Å². The summed E-state index contributed by atoms with van der Waals surface area (Å²) in [6.45, 7) is 3.74. The maximum Gasteiger partial charge on any atom is 0.266 e. The Labute approximate surface area is 176 Å². The molecule has 6 nitrogen and oxygen atoms in total. The van der Waals surface area contributed by atoms with E-state index in [1.807, 2.05) is 50.3 Å². The third kappa shape index (κ3) is 5.12. The highest BCUT2D eigenvalue weighted by molar-refractivity contribution is 8.26. The van der Waals surface area contributed by atoms with Crippen LogP contribution in [0.25, 0.3) is 6.08 Å². The second kappa shape index (κ2) is 9.22. The number of nitrogens with zero attached hydrogens (tertiary/aromatic N) is 3. The molecule has 0 bridgehead atoms. The van der Waals surface area contributed by atoms with Crippen molar-refractivity contribution in [3.8, 4) is 0 Å². The molecule has 1 aliphatic heterocycles. The molecule has 0 unspecified atom stereocenters. The zero-order chi connectivity index (χ0) is 20.1. The van der Waals surface area contributed by atoms with Crippen LogP contribution in [-0.2, 0) is 16.0 Å². The number of hydrogen-bond donors (Lipinski definition) is 1. The molecule has 2 aromatic rings. The van der Waals surface area contributed by atoms with Gasteiger partial charge in [0.25, 0.3) is 5.91 Å². The number of nitrogens with one attached hydrogen (secondary N) is 1. The average molecular weight is 431 g/mol. The number of thioether (sulfide) groups is 1. The van der Waals surface area contributed by atoms with Crippen LogP contribution in [0.3, 0.4) is 0 Å². The van der Waals surface area contributed by atoms with E-state index in [4.69, 9.17) is 12.2 Å². The Hall–Kier alpha value is -2.36. The maximum atomic E-state index is 12.7. The summed E-state index contributed by atoms with van der Waals surface area (Å²) in [5.74, 6) is -0.620. The predicted octanol–water partition coefficient (Wildman–Crippen LogP) is 3.89. The van der Waals surface area contributed by atoms with Gasteiger partial charge in [0.2, 0.25) is 11.0 Å². The summed E-state index contributed by atoms with van der Waals surface area (Å²) in [5.41, 5.74) is 1.98. The number of carbonyl (C=O) groups excluding carboxylic acids is 2. The van der Waals surface area contributed by atoms with Crippen LogP contribution >= 0.6 is 35.3 Å². The number of amides is 2. The molecule has 0 spiro atoms. The van der Waals surface area contributed by atoms with E-state index in [1.165, 1.54) is 28.0 Å². The van der Waals surface area contributed by atoms with Crippen molar-refractivity contribution in [2.45, 2.75) is 20.3 Å². The van der Waals surface area contributed by atoms with Gasteiger partial charge in [-0.05, 0) is 30.6 Å². The molecule has 0 atom stereocenters. The summed E-state index contributed by atoms with van der Waals surface area (Å²) in [6.07, 6.45) is 4.53. The molecular formula is C19H18N4O2S3. The quantitative estimate of drug-likeness (QED) is 0.554. The Balaban J connectivity index is 1.65. The van der Waals surface area contributed by atoms with Crippen molar-refractivity contribution in [2.24, 2.45) is 0 Å². The van der Waals surface area contributed by atoms with Gasteiger partial charge in [-0.15, -0.1) is 10.2 Å². The first kappa shape index (κ1) is 20.4. The van der Waals surface area contributed by atoms with Gasteiger partial charge in [-0.25, -0.2) is 0 Å². The zero-order valence-electron chi connectivity index (χ0n) is 15.3. The van der Waals surface area contributed by atoms with Crippen molar-refractivity contribution in [1.29, 1.82) is 0 Å². The van der Waals surface area contributed by atoms with Gasteiger partial charge in [0, 0.05) is 0 Å². The summed E-state index contributed by atoms with van der Waals surface area (Å²) in [4.78, 5) is 26.7. The van der Waals surface area contributed by atoms with Crippen molar-refractivity contribution >= 4 is 62.7 Å². The fourth-order valence-corrected chi connectivity index (χ4v) is 4.45. The average Bonchev–Trinajstić information content (AvgIpc) is 3.22. The van der Waals surface area contributed by atoms with E-state index < -0.39 is 0 Å². The number of thiocarbonyl (C=S) groups is 1. The second-order valence-corrected chi connectivity index (χ2v) is 8.71. The fraction of sp³-hybridized carbons (Fsp3) is 0.211. The SMILES string of the molecule is CCc1nnc(NC(=O)CN2C(=O)/C(=C/C(C)=C/c3ccccc3)SC2=S)s1. The Morgan fingerprint density at radius 3 is 2.71 bits per heavy atom. The lowest BCUT2D eigenvalue weighted by atomic mass is 10.1. The molecule has 2 heterocycles.